The highest BCUT2D eigenvalue weighted by atomic mass is 16.6. The number of benzene rings is 2. The molecule has 2 aromatic carbocycles. The Morgan fingerprint density at radius 1 is 1.06 bits per heavy atom. The van der Waals surface area contributed by atoms with Crippen molar-refractivity contribution in [3.8, 4) is 5.75 Å². The molecular formula is C15H15NO2. The largest absolute Gasteiger partial charge is 0.497 e. The van der Waals surface area contributed by atoms with Crippen molar-refractivity contribution in [1.29, 1.82) is 0 Å². The standard InChI is InChI=1S/C15H15NO2/c1-17-15-9-5-8-14(10-15)12-18-16-11-13-6-3-2-4-7-13/h2-11H,12H2,1H3. The maximum atomic E-state index is 5.24. The summed E-state index contributed by atoms with van der Waals surface area (Å²) in [5.74, 6) is 0.822. The fourth-order valence-corrected chi connectivity index (χ4v) is 1.51. The average Bonchev–Trinajstić information content (AvgIpc) is 2.45. The maximum Gasteiger partial charge on any atom is 0.142 e. The molecule has 0 N–H and O–H groups in total. The van der Waals surface area contributed by atoms with Crippen molar-refractivity contribution in [3.63, 3.8) is 0 Å². The molecule has 0 unspecified atom stereocenters. The second-order valence-corrected chi connectivity index (χ2v) is 3.77. The van der Waals surface area contributed by atoms with E-state index in [-0.39, 0.29) is 0 Å². The highest BCUT2D eigenvalue weighted by Crippen LogP contribution is 2.13. The fourth-order valence-electron chi connectivity index (χ4n) is 1.51. The molecule has 0 fully saturated rings. The van der Waals surface area contributed by atoms with Crippen LogP contribution in [0.2, 0.25) is 0 Å². The van der Waals surface area contributed by atoms with Gasteiger partial charge >= 0.3 is 0 Å². The van der Waals surface area contributed by atoms with Gasteiger partial charge in [0.1, 0.15) is 12.4 Å². The van der Waals surface area contributed by atoms with Crippen LogP contribution in [0.15, 0.2) is 59.8 Å². The molecule has 0 aliphatic carbocycles. The normalized spacial score (nSPS) is 10.5. The van der Waals surface area contributed by atoms with E-state index in [4.69, 9.17) is 9.57 Å². The van der Waals surface area contributed by atoms with Gasteiger partial charge in [0.2, 0.25) is 0 Å². The summed E-state index contributed by atoms with van der Waals surface area (Å²) in [5, 5.41) is 3.93. The van der Waals surface area contributed by atoms with Crippen molar-refractivity contribution in [3.05, 3.63) is 65.7 Å². The molecule has 18 heavy (non-hydrogen) atoms. The van der Waals surface area contributed by atoms with E-state index in [0.29, 0.717) is 6.61 Å². The van der Waals surface area contributed by atoms with E-state index in [1.54, 1.807) is 13.3 Å². The monoisotopic (exact) mass is 241 g/mol. The lowest BCUT2D eigenvalue weighted by Crippen LogP contribution is -1.90. The predicted octanol–water partition coefficient (Wildman–Crippen LogP) is 3.25. The van der Waals surface area contributed by atoms with E-state index in [1.807, 2.05) is 54.6 Å². The van der Waals surface area contributed by atoms with Crippen molar-refractivity contribution in [2.75, 3.05) is 7.11 Å². The Bertz CT molecular complexity index is 509. The smallest absolute Gasteiger partial charge is 0.142 e. The van der Waals surface area contributed by atoms with Gasteiger partial charge in [-0.3, -0.25) is 0 Å². The number of oxime groups is 1. The summed E-state index contributed by atoms with van der Waals surface area (Å²) in [5.41, 5.74) is 2.04. The first-order chi connectivity index (χ1) is 8.88. The van der Waals surface area contributed by atoms with Gasteiger partial charge in [0, 0.05) is 0 Å². The lowest BCUT2D eigenvalue weighted by Gasteiger charge is -2.03. The third kappa shape index (κ3) is 3.63. The lowest BCUT2D eigenvalue weighted by atomic mass is 10.2. The van der Waals surface area contributed by atoms with E-state index in [1.165, 1.54) is 0 Å². The summed E-state index contributed by atoms with van der Waals surface area (Å²) in [4.78, 5) is 5.24. The van der Waals surface area contributed by atoms with Gasteiger partial charge in [-0.2, -0.15) is 0 Å². The van der Waals surface area contributed by atoms with Crippen LogP contribution in [0.4, 0.5) is 0 Å². The number of rotatable bonds is 5. The summed E-state index contributed by atoms with van der Waals surface area (Å²) in [7, 11) is 1.65. The SMILES string of the molecule is COc1cccc(CON=Cc2ccccc2)c1. The third-order valence-corrected chi connectivity index (χ3v) is 2.44. The number of ether oxygens (including phenoxy) is 1. The van der Waals surface area contributed by atoms with Crippen molar-refractivity contribution >= 4 is 6.21 Å². The molecule has 0 bridgehead atoms. The Kier molecular flexibility index (Phi) is 4.36. The Balaban J connectivity index is 1.86. The molecule has 0 saturated heterocycles. The molecule has 0 aliphatic heterocycles. The van der Waals surface area contributed by atoms with Gasteiger partial charge in [-0.1, -0.05) is 47.6 Å². The molecule has 0 aliphatic rings. The molecular weight excluding hydrogens is 226 g/mol. The summed E-state index contributed by atoms with van der Waals surface area (Å²) in [6.45, 7) is 0.431. The first-order valence-electron chi connectivity index (χ1n) is 5.72. The van der Waals surface area contributed by atoms with Gasteiger partial charge in [-0.05, 0) is 23.3 Å². The van der Waals surface area contributed by atoms with Gasteiger partial charge in [0.25, 0.3) is 0 Å². The van der Waals surface area contributed by atoms with Crippen LogP contribution in [-0.2, 0) is 11.4 Å². The molecule has 92 valence electrons. The Labute approximate surface area is 107 Å². The Hall–Kier alpha value is -2.29. The second-order valence-electron chi connectivity index (χ2n) is 3.77. The highest BCUT2D eigenvalue weighted by Gasteiger charge is 1.95. The molecule has 2 rings (SSSR count). The van der Waals surface area contributed by atoms with Crippen molar-refractivity contribution in [2.24, 2.45) is 5.16 Å². The van der Waals surface area contributed by atoms with Crippen molar-refractivity contribution in [2.45, 2.75) is 6.61 Å². The number of hydrogen-bond donors (Lipinski definition) is 0. The van der Waals surface area contributed by atoms with Gasteiger partial charge in [-0.25, -0.2) is 0 Å². The first kappa shape index (κ1) is 12.2. The minimum atomic E-state index is 0.431. The molecule has 0 heterocycles. The summed E-state index contributed by atoms with van der Waals surface area (Å²) < 4.78 is 5.14. The highest BCUT2D eigenvalue weighted by molar-refractivity contribution is 5.78. The van der Waals surface area contributed by atoms with Crippen LogP contribution in [0, 0.1) is 0 Å². The van der Waals surface area contributed by atoms with Crippen LogP contribution in [0.1, 0.15) is 11.1 Å². The molecule has 0 saturated carbocycles. The minimum absolute atomic E-state index is 0.431. The van der Waals surface area contributed by atoms with Crippen molar-refractivity contribution < 1.29 is 9.57 Å². The Morgan fingerprint density at radius 3 is 2.67 bits per heavy atom. The summed E-state index contributed by atoms with van der Waals surface area (Å²) in [6.07, 6.45) is 1.69. The Morgan fingerprint density at radius 2 is 1.89 bits per heavy atom. The molecule has 3 heteroatoms. The van der Waals surface area contributed by atoms with E-state index in [0.717, 1.165) is 16.9 Å². The van der Waals surface area contributed by atoms with Crippen molar-refractivity contribution in [1.82, 2.24) is 0 Å². The molecule has 3 nitrogen and oxygen atoms in total. The average molecular weight is 241 g/mol. The fraction of sp³-hybridized carbons (Fsp3) is 0.133. The van der Waals surface area contributed by atoms with Crippen LogP contribution in [0.5, 0.6) is 5.75 Å². The molecule has 0 radical (unpaired) electrons. The summed E-state index contributed by atoms with van der Waals surface area (Å²) in [6, 6.07) is 17.6. The molecule has 0 aromatic heterocycles. The van der Waals surface area contributed by atoms with Crippen LogP contribution >= 0.6 is 0 Å². The molecule has 0 spiro atoms. The first-order valence-corrected chi connectivity index (χ1v) is 5.72. The maximum absolute atomic E-state index is 5.24. The second kappa shape index (κ2) is 6.45. The zero-order valence-corrected chi connectivity index (χ0v) is 10.2. The molecule has 2 aromatic rings. The van der Waals surface area contributed by atoms with Gasteiger partial charge < -0.3 is 9.57 Å². The van der Waals surface area contributed by atoms with E-state index < -0.39 is 0 Å². The third-order valence-electron chi connectivity index (χ3n) is 2.44. The van der Waals surface area contributed by atoms with E-state index in [9.17, 15) is 0 Å². The number of hydrogen-bond acceptors (Lipinski definition) is 3. The van der Waals surface area contributed by atoms with Crippen LogP contribution < -0.4 is 4.74 Å². The van der Waals surface area contributed by atoms with Gasteiger partial charge in [0.15, 0.2) is 0 Å². The number of methoxy groups -OCH3 is 1. The van der Waals surface area contributed by atoms with Crippen LogP contribution in [0.25, 0.3) is 0 Å². The minimum Gasteiger partial charge on any atom is -0.497 e. The molecule has 0 amide bonds. The van der Waals surface area contributed by atoms with Crippen LogP contribution in [-0.4, -0.2) is 13.3 Å². The zero-order chi connectivity index (χ0) is 12.6. The zero-order valence-electron chi connectivity index (χ0n) is 10.2. The quantitative estimate of drug-likeness (QED) is 0.594. The van der Waals surface area contributed by atoms with Gasteiger partial charge in [-0.15, -0.1) is 0 Å². The van der Waals surface area contributed by atoms with E-state index >= 15 is 0 Å². The predicted molar refractivity (Wildman–Crippen MR) is 71.8 cm³/mol. The van der Waals surface area contributed by atoms with Gasteiger partial charge in [0.05, 0.1) is 13.3 Å². The molecule has 0 atom stereocenters. The summed E-state index contributed by atoms with van der Waals surface area (Å²) >= 11 is 0. The topological polar surface area (TPSA) is 30.8 Å². The van der Waals surface area contributed by atoms with E-state index in [2.05, 4.69) is 5.16 Å². The van der Waals surface area contributed by atoms with Crippen LogP contribution in [0.3, 0.4) is 0 Å². The lowest BCUT2D eigenvalue weighted by molar-refractivity contribution is 0.132. The number of nitrogens with zero attached hydrogens (tertiary/aromatic N) is 1.